The van der Waals surface area contributed by atoms with Crippen molar-refractivity contribution in [2.24, 2.45) is 0 Å². The first-order chi connectivity index (χ1) is 10.0. The number of para-hydroxylation sites is 1. The van der Waals surface area contributed by atoms with Crippen molar-refractivity contribution in [2.75, 3.05) is 18.6 Å². The lowest BCUT2D eigenvalue weighted by molar-refractivity contribution is -0.385. The number of carbonyl (C=O) groups is 2. The molecule has 0 aliphatic rings. The molecule has 0 aliphatic heterocycles. The summed E-state index contributed by atoms with van der Waals surface area (Å²) in [7, 11) is 0. The number of ether oxygens (including phenoxy) is 1. The van der Waals surface area contributed by atoms with E-state index >= 15 is 0 Å². The van der Waals surface area contributed by atoms with Crippen LogP contribution in [0.5, 0.6) is 0 Å². The molecule has 0 unspecified atom stereocenters. The highest BCUT2D eigenvalue weighted by Gasteiger charge is 2.21. The molecule has 0 fully saturated rings. The first-order valence-corrected chi connectivity index (χ1v) is 7.55. The van der Waals surface area contributed by atoms with E-state index < -0.39 is 16.7 Å². The molecule has 0 aliphatic carbocycles. The van der Waals surface area contributed by atoms with E-state index in [1.807, 2.05) is 0 Å². The van der Waals surface area contributed by atoms with E-state index in [1.54, 1.807) is 19.2 Å². The zero-order chi connectivity index (χ0) is 15.8. The molecule has 0 amide bonds. The minimum Gasteiger partial charge on any atom is -0.462 e. The van der Waals surface area contributed by atoms with Crippen LogP contribution in [0.4, 0.5) is 5.69 Å². The van der Waals surface area contributed by atoms with Crippen molar-refractivity contribution < 1.29 is 19.2 Å². The SMILES string of the molecule is CCOC(=O)C(=Cc1ccccc1[N+](=O)[O-])C(=O)CSC. The number of Topliss-reactive ketones (excluding diaryl/α,β-unsaturated/α-hetero) is 1. The van der Waals surface area contributed by atoms with Crippen LogP contribution in [0.25, 0.3) is 6.08 Å². The molecule has 7 heteroatoms. The quantitative estimate of drug-likeness (QED) is 0.192. The smallest absolute Gasteiger partial charge is 0.341 e. The number of ketones is 1. The number of nitro benzene ring substituents is 1. The van der Waals surface area contributed by atoms with E-state index in [9.17, 15) is 19.7 Å². The first-order valence-electron chi connectivity index (χ1n) is 6.15. The second-order valence-electron chi connectivity index (χ2n) is 3.95. The zero-order valence-corrected chi connectivity index (χ0v) is 12.5. The zero-order valence-electron chi connectivity index (χ0n) is 11.7. The molecule has 1 aromatic rings. The Morgan fingerprint density at radius 2 is 2.05 bits per heavy atom. The highest BCUT2D eigenvalue weighted by Crippen LogP contribution is 2.21. The summed E-state index contributed by atoms with van der Waals surface area (Å²) in [5.74, 6) is -1.08. The normalized spacial score (nSPS) is 11.0. The first kappa shape index (κ1) is 16.9. The molecular formula is C14H15NO5S. The molecule has 1 aromatic carbocycles. The van der Waals surface area contributed by atoms with Gasteiger partial charge in [0.15, 0.2) is 5.78 Å². The number of rotatable bonds is 7. The highest BCUT2D eigenvalue weighted by atomic mass is 32.2. The average Bonchev–Trinajstić information content (AvgIpc) is 2.45. The summed E-state index contributed by atoms with van der Waals surface area (Å²) in [6.07, 6.45) is 2.94. The van der Waals surface area contributed by atoms with E-state index in [0.717, 1.165) is 0 Å². The van der Waals surface area contributed by atoms with Crippen LogP contribution >= 0.6 is 11.8 Å². The van der Waals surface area contributed by atoms with E-state index in [4.69, 9.17) is 4.74 Å². The Bertz CT molecular complexity index is 562. The molecule has 0 bridgehead atoms. The molecule has 0 atom stereocenters. The van der Waals surface area contributed by atoms with Crippen molar-refractivity contribution in [1.82, 2.24) is 0 Å². The molecule has 112 valence electrons. The number of benzene rings is 1. The van der Waals surface area contributed by atoms with Gasteiger partial charge in [-0.25, -0.2) is 4.79 Å². The fraction of sp³-hybridized carbons (Fsp3) is 0.286. The minimum atomic E-state index is -0.769. The van der Waals surface area contributed by atoms with Crippen LogP contribution in [0.15, 0.2) is 29.8 Å². The molecule has 0 heterocycles. The number of esters is 1. The number of thioether (sulfide) groups is 1. The van der Waals surface area contributed by atoms with Crippen molar-refractivity contribution in [3.05, 3.63) is 45.5 Å². The summed E-state index contributed by atoms with van der Waals surface area (Å²) >= 11 is 1.26. The molecule has 1 rings (SSSR count). The lowest BCUT2D eigenvalue weighted by Crippen LogP contribution is -2.17. The highest BCUT2D eigenvalue weighted by molar-refractivity contribution is 7.99. The van der Waals surface area contributed by atoms with Crippen LogP contribution in [-0.4, -0.2) is 35.3 Å². The van der Waals surface area contributed by atoms with Gasteiger partial charge < -0.3 is 4.74 Å². The van der Waals surface area contributed by atoms with E-state index in [2.05, 4.69) is 0 Å². The molecule has 6 nitrogen and oxygen atoms in total. The molecule has 0 spiro atoms. The van der Waals surface area contributed by atoms with E-state index in [1.165, 1.54) is 36.0 Å². The number of hydrogen-bond acceptors (Lipinski definition) is 6. The Morgan fingerprint density at radius 3 is 2.62 bits per heavy atom. The lowest BCUT2D eigenvalue weighted by Gasteiger charge is -2.06. The summed E-state index contributed by atoms with van der Waals surface area (Å²) in [4.78, 5) is 34.2. The van der Waals surface area contributed by atoms with Crippen LogP contribution < -0.4 is 0 Å². The van der Waals surface area contributed by atoms with Gasteiger partial charge in [-0.1, -0.05) is 12.1 Å². The van der Waals surface area contributed by atoms with Crippen molar-refractivity contribution in [3.8, 4) is 0 Å². The van der Waals surface area contributed by atoms with Crippen molar-refractivity contribution >= 4 is 35.3 Å². The maximum Gasteiger partial charge on any atom is 0.341 e. The van der Waals surface area contributed by atoms with Gasteiger partial charge in [0.25, 0.3) is 5.69 Å². The minimum absolute atomic E-state index is 0.102. The summed E-state index contributed by atoms with van der Waals surface area (Å²) < 4.78 is 4.84. The predicted octanol–water partition coefficient (Wildman–Crippen LogP) is 2.47. The van der Waals surface area contributed by atoms with Crippen LogP contribution in [-0.2, 0) is 14.3 Å². The third kappa shape index (κ3) is 4.71. The van der Waals surface area contributed by atoms with Crippen molar-refractivity contribution in [2.45, 2.75) is 6.92 Å². The number of hydrogen-bond donors (Lipinski definition) is 0. The molecule has 0 saturated heterocycles. The molecule has 0 aromatic heterocycles. The predicted molar refractivity (Wildman–Crippen MR) is 81.1 cm³/mol. The average molecular weight is 309 g/mol. The van der Waals surface area contributed by atoms with Gasteiger partial charge in [-0.15, -0.1) is 0 Å². The maximum absolute atomic E-state index is 12.0. The maximum atomic E-state index is 12.0. The topological polar surface area (TPSA) is 86.5 Å². The van der Waals surface area contributed by atoms with Crippen LogP contribution in [0.3, 0.4) is 0 Å². The second kappa shape index (κ2) is 8.21. The van der Waals surface area contributed by atoms with Crippen LogP contribution in [0, 0.1) is 10.1 Å². The second-order valence-corrected chi connectivity index (χ2v) is 4.82. The molecule has 0 saturated carbocycles. The van der Waals surface area contributed by atoms with Gasteiger partial charge in [0.1, 0.15) is 5.57 Å². The third-order valence-electron chi connectivity index (χ3n) is 2.50. The van der Waals surface area contributed by atoms with E-state index in [0.29, 0.717) is 0 Å². The summed E-state index contributed by atoms with van der Waals surface area (Å²) in [5.41, 5.74) is -0.156. The fourth-order valence-electron chi connectivity index (χ4n) is 1.60. The van der Waals surface area contributed by atoms with Gasteiger partial charge in [0.05, 0.1) is 22.8 Å². The monoisotopic (exact) mass is 309 g/mol. The Kier molecular flexibility index (Phi) is 6.61. The van der Waals surface area contributed by atoms with Crippen LogP contribution in [0.1, 0.15) is 12.5 Å². The Hall–Kier alpha value is -2.15. The number of nitrogens with zero attached hydrogens (tertiary/aromatic N) is 1. The van der Waals surface area contributed by atoms with Crippen molar-refractivity contribution in [3.63, 3.8) is 0 Å². The largest absolute Gasteiger partial charge is 0.462 e. The Labute approximate surface area is 126 Å². The van der Waals surface area contributed by atoms with Gasteiger partial charge in [-0.3, -0.25) is 14.9 Å². The van der Waals surface area contributed by atoms with Gasteiger partial charge >= 0.3 is 5.97 Å². The number of nitro groups is 1. The fourth-order valence-corrected chi connectivity index (χ4v) is 2.02. The third-order valence-corrected chi connectivity index (χ3v) is 3.06. The van der Waals surface area contributed by atoms with Gasteiger partial charge in [0, 0.05) is 6.07 Å². The number of carbonyl (C=O) groups excluding carboxylic acids is 2. The Balaban J connectivity index is 3.28. The standard InChI is InChI=1S/C14H15NO5S/c1-3-20-14(17)11(13(16)9-21-2)8-10-6-4-5-7-12(10)15(18)19/h4-8H,3,9H2,1-2H3. The summed E-state index contributed by atoms with van der Waals surface area (Å²) in [5, 5.41) is 11.0. The van der Waals surface area contributed by atoms with E-state index in [-0.39, 0.29) is 29.2 Å². The summed E-state index contributed by atoms with van der Waals surface area (Å²) in [6, 6.07) is 5.90. The van der Waals surface area contributed by atoms with Crippen LogP contribution in [0.2, 0.25) is 0 Å². The molecule has 0 radical (unpaired) electrons. The lowest BCUT2D eigenvalue weighted by atomic mass is 10.1. The molecule has 21 heavy (non-hydrogen) atoms. The Morgan fingerprint density at radius 1 is 1.38 bits per heavy atom. The van der Waals surface area contributed by atoms with Crippen molar-refractivity contribution in [1.29, 1.82) is 0 Å². The van der Waals surface area contributed by atoms with Gasteiger partial charge in [-0.05, 0) is 25.3 Å². The van der Waals surface area contributed by atoms with Gasteiger partial charge in [0.2, 0.25) is 0 Å². The summed E-state index contributed by atoms with van der Waals surface area (Å²) in [6.45, 7) is 1.75. The van der Waals surface area contributed by atoms with Gasteiger partial charge in [-0.2, -0.15) is 11.8 Å². The molecular weight excluding hydrogens is 294 g/mol. The molecule has 0 N–H and O–H groups in total.